The van der Waals surface area contributed by atoms with Gasteiger partial charge in [-0.15, -0.1) is 0 Å². The van der Waals surface area contributed by atoms with Gasteiger partial charge in [0, 0.05) is 37.7 Å². The van der Waals surface area contributed by atoms with Gasteiger partial charge in [0.15, 0.2) is 0 Å². The van der Waals surface area contributed by atoms with Crippen LogP contribution in [0.25, 0.3) is 0 Å². The van der Waals surface area contributed by atoms with Crippen molar-refractivity contribution >= 4 is 5.91 Å². The zero-order chi connectivity index (χ0) is 22.6. The van der Waals surface area contributed by atoms with E-state index in [1.165, 1.54) is 25.7 Å². The first-order valence-electron chi connectivity index (χ1n) is 12.8. The summed E-state index contributed by atoms with van der Waals surface area (Å²) in [4.78, 5) is 20.1. The summed E-state index contributed by atoms with van der Waals surface area (Å²) in [5.74, 6) is 1.87. The van der Waals surface area contributed by atoms with E-state index in [9.17, 15) is 4.79 Å². The summed E-state index contributed by atoms with van der Waals surface area (Å²) < 4.78 is 0. The Balaban J connectivity index is 1.34. The van der Waals surface area contributed by atoms with Crippen molar-refractivity contribution in [3.63, 3.8) is 0 Å². The predicted molar refractivity (Wildman–Crippen MR) is 129 cm³/mol. The van der Waals surface area contributed by atoms with E-state index in [1.54, 1.807) is 0 Å². The lowest BCUT2D eigenvalue weighted by molar-refractivity contribution is -0.123. The van der Waals surface area contributed by atoms with Crippen molar-refractivity contribution in [1.82, 2.24) is 26.1 Å². The van der Waals surface area contributed by atoms with Crippen LogP contribution in [-0.2, 0) is 4.79 Å². The summed E-state index contributed by atoms with van der Waals surface area (Å²) in [6.07, 6.45) is 9.73. The van der Waals surface area contributed by atoms with E-state index >= 15 is 0 Å². The average molecular weight is 442 g/mol. The van der Waals surface area contributed by atoms with Crippen LogP contribution in [0.1, 0.15) is 77.5 Å². The number of piperidine rings is 1. The lowest BCUT2D eigenvalue weighted by Crippen LogP contribution is -2.47. The second-order valence-corrected chi connectivity index (χ2v) is 11.4. The number of nitrogens with zero attached hydrogens (tertiary/aromatic N) is 2. The summed E-state index contributed by atoms with van der Waals surface area (Å²) in [5, 5.41) is 3.40. The van der Waals surface area contributed by atoms with Gasteiger partial charge >= 0.3 is 0 Å². The SMILES string of the molecule is CC(C)(C)C1NNCC1CN1CCC(C(NC(=O)CC2CCCC2)c2ccccn2)CC1. The Morgan fingerprint density at radius 3 is 2.59 bits per heavy atom. The molecule has 0 spiro atoms. The fraction of sp³-hybridized carbons (Fsp3) is 0.769. The topological polar surface area (TPSA) is 69.3 Å². The molecule has 0 aromatic carbocycles. The summed E-state index contributed by atoms with van der Waals surface area (Å²) in [7, 11) is 0. The molecule has 1 amide bonds. The largest absolute Gasteiger partial charge is 0.347 e. The lowest BCUT2D eigenvalue weighted by atomic mass is 9.79. The van der Waals surface area contributed by atoms with Gasteiger partial charge in [-0.2, -0.15) is 0 Å². The first kappa shape index (κ1) is 23.7. The summed E-state index contributed by atoms with van der Waals surface area (Å²) in [5.41, 5.74) is 8.16. The van der Waals surface area contributed by atoms with Gasteiger partial charge in [-0.05, 0) is 68.2 Å². The van der Waals surface area contributed by atoms with Crippen LogP contribution in [0.2, 0.25) is 0 Å². The summed E-state index contributed by atoms with van der Waals surface area (Å²) >= 11 is 0. The molecule has 178 valence electrons. The third-order valence-electron chi connectivity index (χ3n) is 7.89. The average Bonchev–Trinajstić information content (AvgIpc) is 3.45. The van der Waals surface area contributed by atoms with E-state index in [2.05, 4.69) is 52.9 Å². The first-order valence-corrected chi connectivity index (χ1v) is 12.8. The van der Waals surface area contributed by atoms with Crippen molar-refractivity contribution in [2.45, 2.75) is 77.8 Å². The molecule has 2 aliphatic heterocycles. The molecule has 3 heterocycles. The van der Waals surface area contributed by atoms with Gasteiger partial charge in [-0.1, -0.05) is 39.7 Å². The number of carbonyl (C=O) groups excluding carboxylic acids is 1. The second-order valence-electron chi connectivity index (χ2n) is 11.4. The van der Waals surface area contributed by atoms with E-state index in [0.717, 1.165) is 44.7 Å². The smallest absolute Gasteiger partial charge is 0.220 e. The first-order chi connectivity index (χ1) is 15.4. The molecule has 0 radical (unpaired) electrons. The lowest BCUT2D eigenvalue weighted by Gasteiger charge is -2.39. The van der Waals surface area contributed by atoms with E-state index in [4.69, 9.17) is 0 Å². The molecular weight excluding hydrogens is 398 g/mol. The molecule has 4 rings (SSSR count). The Labute approximate surface area is 194 Å². The highest BCUT2D eigenvalue weighted by Crippen LogP contribution is 2.33. The van der Waals surface area contributed by atoms with Crippen LogP contribution in [0, 0.1) is 23.2 Å². The molecule has 1 saturated carbocycles. The predicted octanol–water partition coefficient (Wildman–Crippen LogP) is 3.67. The van der Waals surface area contributed by atoms with Gasteiger partial charge in [-0.25, -0.2) is 0 Å². The number of amides is 1. The Bertz CT molecular complexity index is 719. The van der Waals surface area contributed by atoms with E-state index in [1.807, 2.05) is 18.3 Å². The molecule has 3 N–H and O–H groups in total. The molecule has 3 aliphatic rings. The minimum atomic E-state index is 0.0318. The number of hydrogen-bond donors (Lipinski definition) is 3. The van der Waals surface area contributed by atoms with Crippen LogP contribution in [0.3, 0.4) is 0 Å². The third kappa shape index (κ3) is 6.09. The maximum Gasteiger partial charge on any atom is 0.220 e. The maximum atomic E-state index is 12.9. The summed E-state index contributed by atoms with van der Waals surface area (Å²) in [6, 6.07) is 6.61. The van der Waals surface area contributed by atoms with Gasteiger partial charge in [0.25, 0.3) is 0 Å². The van der Waals surface area contributed by atoms with E-state index < -0.39 is 0 Å². The quantitative estimate of drug-likeness (QED) is 0.602. The van der Waals surface area contributed by atoms with Gasteiger partial charge in [0.2, 0.25) is 5.91 Å². The third-order valence-corrected chi connectivity index (χ3v) is 7.89. The van der Waals surface area contributed by atoms with Crippen molar-refractivity contribution < 1.29 is 4.79 Å². The van der Waals surface area contributed by atoms with Crippen molar-refractivity contribution in [1.29, 1.82) is 0 Å². The molecular formula is C26H43N5O. The van der Waals surface area contributed by atoms with E-state index in [-0.39, 0.29) is 17.4 Å². The Kier molecular flexibility index (Phi) is 7.85. The Morgan fingerprint density at radius 1 is 1.19 bits per heavy atom. The number of carbonyl (C=O) groups is 1. The number of likely N-dealkylation sites (tertiary alicyclic amines) is 1. The van der Waals surface area contributed by atoms with Crippen molar-refractivity contribution in [2.24, 2.45) is 23.2 Å². The molecule has 32 heavy (non-hydrogen) atoms. The Morgan fingerprint density at radius 2 is 1.94 bits per heavy atom. The molecule has 1 aromatic heterocycles. The van der Waals surface area contributed by atoms with Crippen LogP contribution in [0.4, 0.5) is 0 Å². The van der Waals surface area contributed by atoms with Crippen LogP contribution in [0.5, 0.6) is 0 Å². The fourth-order valence-corrected chi connectivity index (χ4v) is 6.13. The highest BCUT2D eigenvalue weighted by molar-refractivity contribution is 5.76. The zero-order valence-electron chi connectivity index (χ0n) is 20.3. The second kappa shape index (κ2) is 10.6. The van der Waals surface area contributed by atoms with Gasteiger partial charge in [-0.3, -0.25) is 20.6 Å². The van der Waals surface area contributed by atoms with Crippen molar-refractivity contribution in [2.75, 3.05) is 26.2 Å². The van der Waals surface area contributed by atoms with Gasteiger partial charge in [0.1, 0.15) is 0 Å². The van der Waals surface area contributed by atoms with Crippen molar-refractivity contribution in [3.8, 4) is 0 Å². The molecule has 0 bridgehead atoms. The van der Waals surface area contributed by atoms with Gasteiger partial charge < -0.3 is 10.2 Å². The van der Waals surface area contributed by atoms with Crippen LogP contribution >= 0.6 is 0 Å². The number of aromatic nitrogens is 1. The van der Waals surface area contributed by atoms with Crippen LogP contribution in [-0.4, -0.2) is 48.0 Å². The van der Waals surface area contributed by atoms with Crippen LogP contribution < -0.4 is 16.2 Å². The molecule has 6 nitrogen and oxygen atoms in total. The minimum absolute atomic E-state index is 0.0318. The highest BCUT2D eigenvalue weighted by atomic mass is 16.1. The number of rotatable bonds is 7. The molecule has 6 heteroatoms. The molecule has 3 unspecified atom stereocenters. The standard InChI is InChI=1S/C26H43N5O/c1-26(2,3)25-21(17-28-30-25)18-31-14-11-20(12-15-31)24(22-10-6-7-13-27-22)29-23(32)16-19-8-4-5-9-19/h6-7,10,13,19-21,24-25,28,30H,4-5,8-9,11-12,14-18H2,1-3H3,(H,29,32). The number of hydrogen-bond acceptors (Lipinski definition) is 5. The van der Waals surface area contributed by atoms with Gasteiger partial charge in [0.05, 0.1) is 11.7 Å². The molecule has 3 atom stereocenters. The summed E-state index contributed by atoms with van der Waals surface area (Å²) in [6.45, 7) is 11.3. The Hall–Kier alpha value is -1.50. The number of hydrazine groups is 1. The zero-order valence-corrected chi connectivity index (χ0v) is 20.3. The minimum Gasteiger partial charge on any atom is -0.347 e. The fourth-order valence-electron chi connectivity index (χ4n) is 6.13. The normalized spacial score (nSPS) is 27.0. The molecule has 3 fully saturated rings. The molecule has 1 aromatic rings. The monoisotopic (exact) mass is 441 g/mol. The highest BCUT2D eigenvalue weighted by Gasteiger charge is 2.38. The van der Waals surface area contributed by atoms with Crippen LogP contribution in [0.15, 0.2) is 24.4 Å². The molecule has 1 aliphatic carbocycles. The number of pyridine rings is 1. The van der Waals surface area contributed by atoms with E-state index in [0.29, 0.717) is 30.2 Å². The van der Waals surface area contributed by atoms with Crippen molar-refractivity contribution in [3.05, 3.63) is 30.1 Å². The molecule has 2 saturated heterocycles. The maximum absolute atomic E-state index is 12.9. The number of nitrogens with one attached hydrogen (secondary N) is 3.